The molecule has 0 radical (unpaired) electrons. The van der Waals surface area contributed by atoms with Crippen LogP contribution in [0, 0.1) is 0 Å². The number of rotatable bonds is 4. The Bertz CT molecular complexity index is 814. The van der Waals surface area contributed by atoms with Crippen molar-refractivity contribution in [3.8, 4) is 11.1 Å². The molecule has 2 aromatic carbocycles. The molecule has 0 saturated carbocycles. The molecule has 0 aliphatic heterocycles. The van der Waals surface area contributed by atoms with Gasteiger partial charge in [-0.15, -0.1) is 0 Å². The van der Waals surface area contributed by atoms with Crippen molar-refractivity contribution in [1.29, 1.82) is 0 Å². The Labute approximate surface area is 145 Å². The van der Waals surface area contributed by atoms with Crippen molar-refractivity contribution in [2.45, 2.75) is 26.7 Å². The van der Waals surface area contributed by atoms with E-state index in [1.165, 1.54) is 33.4 Å². The Kier molecular flexibility index (Phi) is 5.28. The molecule has 0 bridgehead atoms. The van der Waals surface area contributed by atoms with E-state index in [1.54, 1.807) is 0 Å². The van der Waals surface area contributed by atoms with E-state index in [4.69, 9.17) is 0 Å². The summed E-state index contributed by atoms with van der Waals surface area (Å²) in [6.07, 6.45) is 15.5. The summed E-state index contributed by atoms with van der Waals surface area (Å²) in [6.45, 7) is 4.23. The molecular weight excluding hydrogens is 288 g/mol. The van der Waals surface area contributed by atoms with Gasteiger partial charge in [0.2, 0.25) is 0 Å². The summed E-state index contributed by atoms with van der Waals surface area (Å²) >= 11 is 0. The second-order valence-electron chi connectivity index (χ2n) is 6.18. The van der Waals surface area contributed by atoms with Crippen molar-refractivity contribution in [2.75, 3.05) is 0 Å². The Morgan fingerprint density at radius 1 is 0.917 bits per heavy atom. The van der Waals surface area contributed by atoms with Crippen molar-refractivity contribution >= 4 is 11.1 Å². The van der Waals surface area contributed by atoms with Crippen molar-refractivity contribution in [1.82, 2.24) is 0 Å². The maximum atomic E-state index is 2.35. The molecule has 0 unspecified atom stereocenters. The summed E-state index contributed by atoms with van der Waals surface area (Å²) in [7, 11) is 0. The summed E-state index contributed by atoms with van der Waals surface area (Å²) in [5, 5.41) is 0. The van der Waals surface area contributed by atoms with Crippen LogP contribution in [0.2, 0.25) is 0 Å². The smallest absolute Gasteiger partial charge is 0.0172 e. The van der Waals surface area contributed by atoms with Gasteiger partial charge in [-0.3, -0.25) is 0 Å². The van der Waals surface area contributed by atoms with E-state index in [0.29, 0.717) is 0 Å². The predicted molar refractivity (Wildman–Crippen MR) is 107 cm³/mol. The van der Waals surface area contributed by atoms with Crippen LogP contribution in [0.3, 0.4) is 0 Å². The molecule has 0 spiro atoms. The van der Waals surface area contributed by atoms with Gasteiger partial charge in [0.15, 0.2) is 0 Å². The fourth-order valence-corrected chi connectivity index (χ4v) is 2.98. The Balaban J connectivity index is 2.12. The minimum Gasteiger partial charge on any atom is -0.0877 e. The van der Waals surface area contributed by atoms with Crippen molar-refractivity contribution in [3.05, 3.63) is 96.1 Å². The summed E-state index contributed by atoms with van der Waals surface area (Å²) in [5.74, 6) is 0. The summed E-state index contributed by atoms with van der Waals surface area (Å²) in [4.78, 5) is 0. The first-order chi connectivity index (χ1) is 11.8. The van der Waals surface area contributed by atoms with E-state index < -0.39 is 0 Å². The van der Waals surface area contributed by atoms with E-state index in [-0.39, 0.29) is 0 Å². The third-order valence-corrected chi connectivity index (χ3v) is 4.36. The lowest BCUT2D eigenvalue weighted by atomic mass is 9.91. The molecule has 120 valence electrons. The van der Waals surface area contributed by atoms with Gasteiger partial charge in [-0.25, -0.2) is 0 Å². The summed E-state index contributed by atoms with van der Waals surface area (Å²) < 4.78 is 0. The van der Waals surface area contributed by atoms with E-state index in [2.05, 4.69) is 91.9 Å². The molecule has 0 fully saturated rings. The average Bonchev–Trinajstić information content (AvgIpc) is 2.67. The number of benzene rings is 2. The number of hydrogen-bond donors (Lipinski definition) is 0. The molecule has 0 saturated heterocycles. The quantitative estimate of drug-likeness (QED) is 0.530. The van der Waals surface area contributed by atoms with Gasteiger partial charge in [-0.1, -0.05) is 66.8 Å². The van der Waals surface area contributed by atoms with Gasteiger partial charge in [0, 0.05) is 0 Å². The number of allylic oxidation sites excluding steroid dienone is 8. The molecular formula is C24H24. The second kappa shape index (κ2) is 7.79. The largest absolute Gasteiger partial charge is 0.0877 e. The molecule has 2 aromatic rings. The molecule has 0 atom stereocenters. The second-order valence-corrected chi connectivity index (χ2v) is 6.18. The van der Waals surface area contributed by atoms with Crippen LogP contribution in [0.25, 0.3) is 22.3 Å². The standard InChI is InChI=1S/C24H24/c1-3-4-11-19(2)22-16-23(20-12-7-5-8-13-20)18-24(17-22)21-14-9-6-10-15-21/h3-5,7-9,11-18H,6,10H2,1-2H3/b4-3-,19-11+. The first-order valence-corrected chi connectivity index (χ1v) is 8.65. The normalized spacial score (nSPS) is 14.9. The highest BCUT2D eigenvalue weighted by molar-refractivity contribution is 5.82. The first-order valence-electron chi connectivity index (χ1n) is 8.65. The number of hydrogen-bond acceptors (Lipinski definition) is 0. The minimum absolute atomic E-state index is 1.13. The van der Waals surface area contributed by atoms with Gasteiger partial charge in [-0.05, 0) is 78.3 Å². The van der Waals surface area contributed by atoms with Crippen LogP contribution in [-0.2, 0) is 0 Å². The minimum atomic E-state index is 1.13. The molecule has 0 N–H and O–H groups in total. The fraction of sp³-hybridized carbons (Fsp3) is 0.167. The Morgan fingerprint density at radius 3 is 2.42 bits per heavy atom. The van der Waals surface area contributed by atoms with Crippen molar-refractivity contribution < 1.29 is 0 Å². The van der Waals surface area contributed by atoms with Crippen LogP contribution in [-0.4, -0.2) is 0 Å². The lowest BCUT2D eigenvalue weighted by Gasteiger charge is -2.13. The molecule has 0 heterocycles. The Hall–Kier alpha value is -2.60. The molecule has 0 heteroatoms. The zero-order chi connectivity index (χ0) is 16.8. The fourth-order valence-electron chi connectivity index (χ4n) is 2.98. The van der Waals surface area contributed by atoms with E-state index in [1.807, 2.05) is 6.92 Å². The zero-order valence-corrected chi connectivity index (χ0v) is 14.5. The van der Waals surface area contributed by atoms with E-state index >= 15 is 0 Å². The van der Waals surface area contributed by atoms with Crippen LogP contribution in [0.1, 0.15) is 37.8 Å². The van der Waals surface area contributed by atoms with Crippen LogP contribution in [0.4, 0.5) is 0 Å². The molecule has 0 nitrogen and oxygen atoms in total. The summed E-state index contributed by atoms with van der Waals surface area (Å²) in [6, 6.07) is 17.5. The third kappa shape index (κ3) is 3.83. The van der Waals surface area contributed by atoms with Gasteiger partial charge >= 0.3 is 0 Å². The van der Waals surface area contributed by atoms with Gasteiger partial charge in [0.25, 0.3) is 0 Å². The highest BCUT2D eigenvalue weighted by atomic mass is 14.1. The molecule has 0 aromatic heterocycles. The highest BCUT2D eigenvalue weighted by Crippen LogP contribution is 2.30. The summed E-state index contributed by atoms with van der Waals surface area (Å²) in [5.41, 5.74) is 7.74. The van der Waals surface area contributed by atoms with Crippen LogP contribution in [0.5, 0.6) is 0 Å². The molecule has 1 aliphatic rings. The van der Waals surface area contributed by atoms with Crippen LogP contribution < -0.4 is 0 Å². The van der Waals surface area contributed by atoms with Gasteiger partial charge in [0.1, 0.15) is 0 Å². The lowest BCUT2D eigenvalue weighted by Crippen LogP contribution is -1.91. The first kappa shape index (κ1) is 16.3. The van der Waals surface area contributed by atoms with Crippen LogP contribution in [0.15, 0.2) is 85.0 Å². The highest BCUT2D eigenvalue weighted by Gasteiger charge is 2.08. The molecule has 3 rings (SSSR count). The molecule has 24 heavy (non-hydrogen) atoms. The van der Waals surface area contributed by atoms with Gasteiger partial charge in [0.05, 0.1) is 0 Å². The monoisotopic (exact) mass is 312 g/mol. The Morgan fingerprint density at radius 2 is 1.71 bits per heavy atom. The topological polar surface area (TPSA) is 0 Å². The zero-order valence-electron chi connectivity index (χ0n) is 14.5. The average molecular weight is 312 g/mol. The van der Waals surface area contributed by atoms with Gasteiger partial charge < -0.3 is 0 Å². The van der Waals surface area contributed by atoms with Gasteiger partial charge in [-0.2, -0.15) is 0 Å². The molecule has 1 aliphatic carbocycles. The lowest BCUT2D eigenvalue weighted by molar-refractivity contribution is 1.04. The maximum absolute atomic E-state index is 2.35. The SMILES string of the molecule is C/C=C\C=C(/C)c1cc(C2=CCCC=C2)cc(-c2ccccc2)c1. The van der Waals surface area contributed by atoms with E-state index in [0.717, 1.165) is 12.8 Å². The van der Waals surface area contributed by atoms with E-state index in [9.17, 15) is 0 Å². The third-order valence-electron chi connectivity index (χ3n) is 4.36. The van der Waals surface area contributed by atoms with Crippen molar-refractivity contribution in [3.63, 3.8) is 0 Å². The van der Waals surface area contributed by atoms with Crippen LogP contribution >= 0.6 is 0 Å². The van der Waals surface area contributed by atoms with Crippen molar-refractivity contribution in [2.24, 2.45) is 0 Å². The maximum Gasteiger partial charge on any atom is -0.0172 e. The molecule has 0 amide bonds. The predicted octanol–water partition coefficient (Wildman–Crippen LogP) is 7.07.